The van der Waals surface area contributed by atoms with E-state index in [0.717, 1.165) is 16.4 Å². The summed E-state index contributed by atoms with van der Waals surface area (Å²) in [5, 5.41) is 11.8. The molecule has 1 aromatic heterocycles. The van der Waals surface area contributed by atoms with Gasteiger partial charge < -0.3 is 10.0 Å². The Hall–Kier alpha value is -1.62. The fourth-order valence-corrected chi connectivity index (χ4v) is 2.36. The van der Waals surface area contributed by atoms with Gasteiger partial charge in [-0.1, -0.05) is 18.2 Å². The Bertz CT molecular complexity index is 488. The summed E-state index contributed by atoms with van der Waals surface area (Å²) in [4.78, 5) is 17.2. The van der Waals surface area contributed by atoms with Crippen LogP contribution in [0.4, 0.5) is 5.13 Å². The summed E-state index contributed by atoms with van der Waals surface area (Å²) in [5.74, 6) is -1.17. The van der Waals surface area contributed by atoms with Gasteiger partial charge in [0.25, 0.3) is 0 Å². The number of carboxylic acids is 1. The molecule has 2 rings (SSSR count). The second kappa shape index (κ2) is 4.71. The molecular weight excluding hydrogens is 236 g/mol. The van der Waals surface area contributed by atoms with Gasteiger partial charge in [-0.3, -0.25) is 4.79 Å². The molecule has 90 valence electrons. The summed E-state index contributed by atoms with van der Waals surface area (Å²) in [6.45, 7) is 0. The SMILES string of the molecule is CN(C)c1nc(C2=CCC(C(=O)O)C=C2)cs1. The molecule has 1 aromatic rings. The van der Waals surface area contributed by atoms with Crippen LogP contribution in [0.1, 0.15) is 12.1 Å². The number of thiazole rings is 1. The average Bonchev–Trinajstić information content (AvgIpc) is 2.78. The third-order valence-corrected chi connectivity index (χ3v) is 3.60. The second-order valence-corrected chi connectivity index (χ2v) is 4.95. The van der Waals surface area contributed by atoms with Crippen molar-refractivity contribution in [3.63, 3.8) is 0 Å². The largest absolute Gasteiger partial charge is 0.481 e. The molecular formula is C12H14N2O2S. The Balaban J connectivity index is 2.14. The van der Waals surface area contributed by atoms with Crippen molar-refractivity contribution in [2.24, 2.45) is 5.92 Å². The molecule has 0 amide bonds. The number of aliphatic carboxylic acids is 1. The van der Waals surface area contributed by atoms with Gasteiger partial charge in [0.15, 0.2) is 5.13 Å². The molecule has 1 heterocycles. The fourth-order valence-electron chi connectivity index (χ4n) is 1.60. The first kappa shape index (κ1) is 11.9. The maximum atomic E-state index is 10.8. The Kier molecular flexibility index (Phi) is 3.28. The minimum absolute atomic E-state index is 0.397. The molecule has 0 bridgehead atoms. The van der Waals surface area contributed by atoms with Crippen molar-refractivity contribution in [1.29, 1.82) is 0 Å². The standard InChI is InChI=1S/C12H14N2O2S/c1-14(2)12-13-10(7-17-12)8-3-5-9(6-4-8)11(15)16/h3-5,7,9H,6H2,1-2H3,(H,15,16). The first-order chi connectivity index (χ1) is 8.08. The van der Waals surface area contributed by atoms with E-state index in [0.29, 0.717) is 6.42 Å². The first-order valence-corrected chi connectivity index (χ1v) is 6.20. The highest BCUT2D eigenvalue weighted by molar-refractivity contribution is 7.13. The highest BCUT2D eigenvalue weighted by Gasteiger charge is 2.17. The van der Waals surface area contributed by atoms with E-state index in [1.165, 1.54) is 0 Å². The number of hydrogen-bond donors (Lipinski definition) is 1. The van der Waals surface area contributed by atoms with Crippen molar-refractivity contribution in [3.8, 4) is 0 Å². The van der Waals surface area contributed by atoms with Gasteiger partial charge in [0, 0.05) is 19.5 Å². The van der Waals surface area contributed by atoms with E-state index in [1.807, 2.05) is 36.5 Å². The molecule has 1 aliphatic rings. The molecule has 0 saturated carbocycles. The van der Waals surface area contributed by atoms with E-state index >= 15 is 0 Å². The molecule has 1 N–H and O–H groups in total. The lowest BCUT2D eigenvalue weighted by atomic mass is 9.96. The zero-order valence-corrected chi connectivity index (χ0v) is 10.6. The number of aromatic nitrogens is 1. The van der Waals surface area contributed by atoms with Crippen molar-refractivity contribution in [2.45, 2.75) is 6.42 Å². The minimum atomic E-state index is -0.774. The molecule has 17 heavy (non-hydrogen) atoms. The van der Waals surface area contributed by atoms with Gasteiger partial charge in [0.05, 0.1) is 11.6 Å². The summed E-state index contributed by atoms with van der Waals surface area (Å²) in [6.07, 6.45) is 6.05. The number of rotatable bonds is 3. The molecule has 0 aromatic carbocycles. The van der Waals surface area contributed by atoms with Crippen LogP contribution >= 0.6 is 11.3 Å². The number of carboxylic acid groups (broad SMARTS) is 1. The number of anilines is 1. The van der Waals surface area contributed by atoms with Gasteiger partial charge in [-0.15, -0.1) is 11.3 Å². The van der Waals surface area contributed by atoms with Gasteiger partial charge in [-0.2, -0.15) is 0 Å². The Labute approximate surface area is 104 Å². The minimum Gasteiger partial charge on any atom is -0.481 e. The smallest absolute Gasteiger partial charge is 0.310 e. The molecule has 0 spiro atoms. The van der Waals surface area contributed by atoms with Gasteiger partial charge in [-0.25, -0.2) is 4.98 Å². The lowest BCUT2D eigenvalue weighted by Gasteiger charge is -2.11. The zero-order valence-electron chi connectivity index (χ0n) is 9.75. The lowest BCUT2D eigenvalue weighted by Crippen LogP contribution is -2.12. The summed E-state index contributed by atoms with van der Waals surface area (Å²) in [7, 11) is 3.91. The number of hydrogen-bond acceptors (Lipinski definition) is 4. The monoisotopic (exact) mass is 250 g/mol. The Morgan fingerprint density at radius 1 is 1.59 bits per heavy atom. The summed E-state index contributed by atoms with van der Waals surface area (Å²) < 4.78 is 0. The molecule has 4 nitrogen and oxygen atoms in total. The predicted molar refractivity (Wildman–Crippen MR) is 69.3 cm³/mol. The molecule has 0 aliphatic heterocycles. The first-order valence-electron chi connectivity index (χ1n) is 5.32. The quantitative estimate of drug-likeness (QED) is 0.894. The van der Waals surface area contributed by atoms with E-state index in [2.05, 4.69) is 4.98 Å². The number of nitrogens with zero attached hydrogens (tertiary/aromatic N) is 2. The van der Waals surface area contributed by atoms with Crippen molar-refractivity contribution >= 4 is 28.0 Å². The van der Waals surface area contributed by atoms with Gasteiger partial charge in [0.2, 0.25) is 0 Å². The highest BCUT2D eigenvalue weighted by Crippen LogP contribution is 2.28. The van der Waals surface area contributed by atoms with Gasteiger partial charge in [-0.05, 0) is 12.0 Å². The van der Waals surface area contributed by atoms with E-state index < -0.39 is 11.9 Å². The molecule has 1 unspecified atom stereocenters. The van der Waals surface area contributed by atoms with Gasteiger partial charge in [0.1, 0.15) is 0 Å². The summed E-state index contributed by atoms with van der Waals surface area (Å²) >= 11 is 1.58. The predicted octanol–water partition coefficient (Wildman–Crippen LogP) is 2.25. The third-order valence-electron chi connectivity index (χ3n) is 2.59. The lowest BCUT2D eigenvalue weighted by molar-refractivity contribution is -0.139. The highest BCUT2D eigenvalue weighted by atomic mass is 32.1. The van der Waals surface area contributed by atoms with Gasteiger partial charge >= 0.3 is 5.97 Å². The van der Waals surface area contributed by atoms with E-state index in [9.17, 15) is 4.79 Å². The van der Waals surface area contributed by atoms with E-state index in [4.69, 9.17) is 5.11 Å². The normalized spacial score (nSPS) is 18.9. The van der Waals surface area contributed by atoms with Crippen LogP contribution in [0.5, 0.6) is 0 Å². The second-order valence-electron chi connectivity index (χ2n) is 4.11. The van der Waals surface area contributed by atoms with E-state index in [1.54, 1.807) is 17.4 Å². The van der Waals surface area contributed by atoms with Crippen LogP contribution in [0.2, 0.25) is 0 Å². The number of allylic oxidation sites excluding steroid dienone is 3. The van der Waals surface area contributed by atoms with Crippen molar-refractivity contribution < 1.29 is 9.90 Å². The zero-order chi connectivity index (χ0) is 12.4. The third kappa shape index (κ3) is 2.55. The average molecular weight is 250 g/mol. The molecule has 1 aliphatic carbocycles. The van der Waals surface area contributed by atoms with E-state index in [-0.39, 0.29) is 0 Å². The van der Waals surface area contributed by atoms with Crippen LogP contribution in [-0.2, 0) is 4.79 Å². The molecule has 1 atom stereocenters. The molecule has 0 fully saturated rings. The molecule has 5 heteroatoms. The maximum Gasteiger partial charge on any atom is 0.310 e. The molecule has 0 saturated heterocycles. The van der Waals surface area contributed by atoms with Crippen LogP contribution in [0.25, 0.3) is 5.57 Å². The number of carbonyl (C=O) groups is 1. The van der Waals surface area contributed by atoms with Crippen molar-refractivity contribution in [1.82, 2.24) is 4.98 Å². The molecule has 0 radical (unpaired) electrons. The van der Waals surface area contributed by atoms with Crippen LogP contribution in [0.15, 0.2) is 23.6 Å². The van der Waals surface area contributed by atoms with Crippen LogP contribution < -0.4 is 4.90 Å². The van der Waals surface area contributed by atoms with Crippen LogP contribution in [-0.4, -0.2) is 30.2 Å². The van der Waals surface area contributed by atoms with Crippen LogP contribution in [0.3, 0.4) is 0 Å². The topological polar surface area (TPSA) is 53.4 Å². The summed E-state index contributed by atoms with van der Waals surface area (Å²) in [5.41, 5.74) is 1.92. The van der Waals surface area contributed by atoms with Crippen molar-refractivity contribution in [3.05, 3.63) is 29.3 Å². The van der Waals surface area contributed by atoms with Crippen molar-refractivity contribution in [2.75, 3.05) is 19.0 Å². The Morgan fingerprint density at radius 3 is 2.82 bits per heavy atom. The Morgan fingerprint density at radius 2 is 2.35 bits per heavy atom. The maximum absolute atomic E-state index is 10.8. The summed E-state index contributed by atoms with van der Waals surface area (Å²) in [6, 6.07) is 0. The fraction of sp³-hybridized carbons (Fsp3) is 0.333. The van der Waals surface area contributed by atoms with Crippen LogP contribution in [0, 0.1) is 5.92 Å².